The number of aromatic nitrogens is 1. The molecule has 1 aromatic heterocycles. The van der Waals surface area contributed by atoms with E-state index in [-0.39, 0.29) is 6.61 Å². The molecule has 0 unspecified atom stereocenters. The Hall–Kier alpha value is -0.450. The average Bonchev–Trinajstić information content (AvgIpc) is 2.61. The Morgan fingerprint density at radius 2 is 2.21 bits per heavy atom. The number of hydrogen-bond acceptors (Lipinski definition) is 4. The molecule has 0 bridgehead atoms. The summed E-state index contributed by atoms with van der Waals surface area (Å²) in [6.45, 7) is 3.84. The van der Waals surface area contributed by atoms with Crippen molar-refractivity contribution in [1.29, 1.82) is 0 Å². The van der Waals surface area contributed by atoms with E-state index in [0.29, 0.717) is 5.92 Å². The predicted molar refractivity (Wildman–Crippen MR) is 55.6 cm³/mol. The molecule has 2 heterocycles. The normalized spacial score (nSPS) is 18.7. The first-order valence-corrected chi connectivity index (χ1v) is 5.77. The van der Waals surface area contributed by atoms with E-state index >= 15 is 0 Å². The van der Waals surface area contributed by atoms with E-state index in [4.69, 9.17) is 9.84 Å². The molecular formula is C10H15NO2S. The Balaban J connectivity index is 2.17. The third-order valence-electron chi connectivity index (χ3n) is 2.62. The molecule has 4 heteroatoms. The van der Waals surface area contributed by atoms with E-state index in [1.165, 1.54) is 10.6 Å². The lowest BCUT2D eigenvalue weighted by Gasteiger charge is -2.20. The molecule has 0 aromatic carbocycles. The van der Waals surface area contributed by atoms with Crippen LogP contribution < -0.4 is 0 Å². The summed E-state index contributed by atoms with van der Waals surface area (Å²) in [4.78, 5) is 5.72. The average molecular weight is 213 g/mol. The minimum Gasteiger partial charge on any atom is -0.389 e. The van der Waals surface area contributed by atoms with Crippen LogP contribution in [0.4, 0.5) is 0 Å². The maximum atomic E-state index is 9.00. The van der Waals surface area contributed by atoms with E-state index in [1.807, 2.05) is 0 Å². The molecule has 1 aliphatic rings. The molecule has 3 nitrogen and oxygen atoms in total. The fourth-order valence-electron chi connectivity index (χ4n) is 1.88. The summed E-state index contributed by atoms with van der Waals surface area (Å²) >= 11 is 1.61. The molecule has 1 aromatic rings. The largest absolute Gasteiger partial charge is 0.389 e. The third-order valence-corrected chi connectivity index (χ3v) is 3.59. The van der Waals surface area contributed by atoms with Crippen LogP contribution in [0.3, 0.4) is 0 Å². The van der Waals surface area contributed by atoms with Gasteiger partial charge >= 0.3 is 0 Å². The summed E-state index contributed by atoms with van der Waals surface area (Å²) in [5.41, 5.74) is 1.18. The van der Waals surface area contributed by atoms with Crippen LogP contribution in [0.2, 0.25) is 0 Å². The van der Waals surface area contributed by atoms with Crippen LogP contribution in [0.1, 0.15) is 34.3 Å². The third kappa shape index (κ3) is 1.97. The lowest BCUT2D eigenvalue weighted by atomic mass is 9.96. The lowest BCUT2D eigenvalue weighted by Crippen LogP contribution is -2.15. The monoisotopic (exact) mass is 213 g/mol. The molecule has 1 N–H and O–H groups in total. The number of ether oxygens (including phenoxy) is 1. The van der Waals surface area contributed by atoms with Crippen LogP contribution in [0.15, 0.2) is 0 Å². The number of hydrogen-bond donors (Lipinski definition) is 1. The molecule has 1 saturated heterocycles. The first kappa shape index (κ1) is 10.1. The highest BCUT2D eigenvalue weighted by Gasteiger charge is 2.20. The van der Waals surface area contributed by atoms with Gasteiger partial charge in [-0.15, -0.1) is 11.3 Å². The van der Waals surface area contributed by atoms with E-state index in [1.54, 1.807) is 11.3 Å². The van der Waals surface area contributed by atoms with Crippen LogP contribution in [-0.4, -0.2) is 23.3 Å². The SMILES string of the molecule is Cc1sc(CO)nc1C1CCOCC1. The first-order chi connectivity index (χ1) is 6.81. The standard InChI is InChI=1S/C10H15NO2S/c1-7-10(11-9(6-12)14-7)8-2-4-13-5-3-8/h8,12H,2-6H2,1H3. The van der Waals surface area contributed by atoms with Crippen molar-refractivity contribution in [2.24, 2.45) is 0 Å². The number of nitrogens with zero attached hydrogens (tertiary/aromatic N) is 1. The van der Waals surface area contributed by atoms with E-state index in [0.717, 1.165) is 31.1 Å². The molecule has 14 heavy (non-hydrogen) atoms. The number of aryl methyl sites for hydroxylation is 1. The Bertz CT molecular complexity index is 305. The number of rotatable bonds is 2. The summed E-state index contributed by atoms with van der Waals surface area (Å²) in [6.07, 6.45) is 2.13. The smallest absolute Gasteiger partial charge is 0.119 e. The maximum Gasteiger partial charge on any atom is 0.119 e. The quantitative estimate of drug-likeness (QED) is 0.815. The van der Waals surface area contributed by atoms with Gasteiger partial charge in [0, 0.05) is 24.0 Å². The number of aliphatic hydroxyl groups excluding tert-OH is 1. The van der Waals surface area contributed by atoms with Crippen LogP contribution >= 0.6 is 11.3 Å². The Morgan fingerprint density at radius 1 is 1.50 bits per heavy atom. The molecule has 0 radical (unpaired) electrons. The van der Waals surface area contributed by atoms with Crippen molar-refractivity contribution in [2.45, 2.75) is 32.3 Å². The second-order valence-electron chi connectivity index (χ2n) is 3.59. The van der Waals surface area contributed by atoms with Gasteiger partial charge in [-0.05, 0) is 19.8 Å². The fourth-order valence-corrected chi connectivity index (χ4v) is 2.76. The first-order valence-electron chi connectivity index (χ1n) is 4.96. The van der Waals surface area contributed by atoms with Crippen LogP contribution in [0.5, 0.6) is 0 Å². The van der Waals surface area contributed by atoms with Gasteiger partial charge in [-0.2, -0.15) is 0 Å². The number of thiazole rings is 1. The van der Waals surface area contributed by atoms with E-state index in [2.05, 4.69) is 11.9 Å². The van der Waals surface area contributed by atoms with Crippen molar-refractivity contribution in [3.05, 3.63) is 15.6 Å². The van der Waals surface area contributed by atoms with Crippen molar-refractivity contribution < 1.29 is 9.84 Å². The van der Waals surface area contributed by atoms with Gasteiger partial charge in [-0.3, -0.25) is 0 Å². The summed E-state index contributed by atoms with van der Waals surface area (Å²) in [7, 11) is 0. The molecular weight excluding hydrogens is 198 g/mol. The van der Waals surface area contributed by atoms with Crippen molar-refractivity contribution >= 4 is 11.3 Å². The van der Waals surface area contributed by atoms with Crippen molar-refractivity contribution in [2.75, 3.05) is 13.2 Å². The Kier molecular flexibility index (Phi) is 3.15. The number of aliphatic hydroxyl groups is 1. The van der Waals surface area contributed by atoms with Crippen molar-refractivity contribution in [3.8, 4) is 0 Å². The van der Waals surface area contributed by atoms with Gasteiger partial charge in [0.15, 0.2) is 0 Å². The zero-order valence-electron chi connectivity index (χ0n) is 8.32. The second kappa shape index (κ2) is 4.38. The predicted octanol–water partition coefficient (Wildman–Crippen LogP) is 1.84. The van der Waals surface area contributed by atoms with Crippen LogP contribution in [-0.2, 0) is 11.3 Å². The lowest BCUT2D eigenvalue weighted by molar-refractivity contribution is 0.0844. The van der Waals surface area contributed by atoms with Crippen molar-refractivity contribution in [3.63, 3.8) is 0 Å². The molecule has 0 spiro atoms. The summed E-state index contributed by atoms with van der Waals surface area (Å²) < 4.78 is 5.32. The fraction of sp³-hybridized carbons (Fsp3) is 0.700. The summed E-state index contributed by atoms with van der Waals surface area (Å²) in [6, 6.07) is 0. The topological polar surface area (TPSA) is 42.4 Å². The van der Waals surface area contributed by atoms with Gasteiger partial charge in [0.2, 0.25) is 0 Å². The van der Waals surface area contributed by atoms with Gasteiger partial charge in [-0.1, -0.05) is 0 Å². The van der Waals surface area contributed by atoms with Crippen molar-refractivity contribution in [1.82, 2.24) is 4.98 Å². The summed E-state index contributed by atoms with van der Waals surface area (Å²) in [5, 5.41) is 9.83. The molecule has 0 atom stereocenters. The van der Waals surface area contributed by atoms with E-state index < -0.39 is 0 Å². The van der Waals surface area contributed by atoms with Gasteiger partial charge in [0.25, 0.3) is 0 Å². The zero-order chi connectivity index (χ0) is 9.97. The molecule has 0 amide bonds. The molecule has 1 fully saturated rings. The highest BCUT2D eigenvalue weighted by molar-refractivity contribution is 7.11. The van der Waals surface area contributed by atoms with Crippen LogP contribution in [0.25, 0.3) is 0 Å². The van der Waals surface area contributed by atoms with Crippen LogP contribution in [0, 0.1) is 6.92 Å². The maximum absolute atomic E-state index is 9.00. The van der Waals surface area contributed by atoms with Gasteiger partial charge in [-0.25, -0.2) is 4.98 Å². The Morgan fingerprint density at radius 3 is 2.79 bits per heavy atom. The minimum atomic E-state index is 0.0642. The Labute approximate surface area is 87.7 Å². The highest BCUT2D eigenvalue weighted by Crippen LogP contribution is 2.31. The molecule has 78 valence electrons. The van der Waals surface area contributed by atoms with E-state index in [9.17, 15) is 0 Å². The molecule has 0 saturated carbocycles. The van der Waals surface area contributed by atoms with Gasteiger partial charge < -0.3 is 9.84 Å². The molecule has 1 aliphatic heterocycles. The highest BCUT2D eigenvalue weighted by atomic mass is 32.1. The second-order valence-corrected chi connectivity index (χ2v) is 4.88. The molecule has 0 aliphatic carbocycles. The van der Waals surface area contributed by atoms with Gasteiger partial charge in [0.1, 0.15) is 5.01 Å². The molecule has 2 rings (SSSR count). The minimum absolute atomic E-state index is 0.0642. The van der Waals surface area contributed by atoms with Gasteiger partial charge in [0.05, 0.1) is 12.3 Å². The summed E-state index contributed by atoms with van der Waals surface area (Å²) in [5.74, 6) is 0.542. The zero-order valence-corrected chi connectivity index (χ0v) is 9.14.